The van der Waals surface area contributed by atoms with Gasteiger partial charge < -0.3 is 9.64 Å². The second kappa shape index (κ2) is 8.67. The number of ketones is 1. The summed E-state index contributed by atoms with van der Waals surface area (Å²) in [6, 6.07) is 15.0. The molecular weight excluding hydrogens is 378 g/mol. The molecule has 0 spiro atoms. The number of carbonyl (C=O) groups is 2. The molecule has 1 aliphatic rings. The van der Waals surface area contributed by atoms with Gasteiger partial charge >= 0.3 is 0 Å². The average Bonchev–Trinajstić information content (AvgIpc) is 2.72. The fourth-order valence-corrected chi connectivity index (χ4v) is 3.86. The third-order valence-corrected chi connectivity index (χ3v) is 5.96. The van der Waals surface area contributed by atoms with Gasteiger partial charge in [-0.1, -0.05) is 42.5 Å². The highest BCUT2D eigenvalue weighted by molar-refractivity contribution is 7.90. The number of nitrogens with zero attached hydrogens (tertiary/aromatic N) is 1. The third-order valence-electron chi connectivity index (χ3n) is 4.83. The van der Waals surface area contributed by atoms with Crippen LogP contribution in [0.25, 0.3) is 0 Å². The lowest BCUT2D eigenvalue weighted by Gasteiger charge is -2.28. The van der Waals surface area contributed by atoms with E-state index in [1.165, 1.54) is 12.1 Å². The van der Waals surface area contributed by atoms with Gasteiger partial charge in [0.05, 0.1) is 24.0 Å². The lowest BCUT2D eigenvalue weighted by molar-refractivity contribution is -0.135. The van der Waals surface area contributed by atoms with E-state index in [9.17, 15) is 18.0 Å². The van der Waals surface area contributed by atoms with E-state index in [2.05, 4.69) is 0 Å². The Labute approximate surface area is 165 Å². The van der Waals surface area contributed by atoms with Crippen molar-refractivity contribution in [3.63, 3.8) is 0 Å². The molecule has 0 bridgehead atoms. The molecule has 1 saturated heterocycles. The summed E-state index contributed by atoms with van der Waals surface area (Å²) in [5, 5.41) is 0. The Morgan fingerprint density at radius 2 is 1.61 bits per heavy atom. The predicted octanol–water partition coefficient (Wildman–Crippen LogP) is 2.31. The zero-order chi connectivity index (χ0) is 20.1. The van der Waals surface area contributed by atoms with Gasteiger partial charge in [0.15, 0.2) is 15.6 Å². The van der Waals surface area contributed by atoms with Gasteiger partial charge in [0.1, 0.15) is 0 Å². The molecule has 2 aromatic rings. The van der Waals surface area contributed by atoms with Crippen LogP contribution in [0, 0.1) is 0 Å². The second-order valence-electron chi connectivity index (χ2n) is 6.82. The molecule has 1 heterocycles. The van der Waals surface area contributed by atoms with Gasteiger partial charge in [0, 0.05) is 31.3 Å². The van der Waals surface area contributed by atoms with Gasteiger partial charge in [-0.2, -0.15) is 0 Å². The van der Waals surface area contributed by atoms with E-state index >= 15 is 0 Å². The van der Waals surface area contributed by atoms with Crippen molar-refractivity contribution >= 4 is 21.5 Å². The highest BCUT2D eigenvalue weighted by Crippen LogP contribution is 2.27. The number of ether oxygens (including phenoxy) is 1. The smallest absolute Gasteiger partial charge is 0.223 e. The molecule has 3 rings (SSSR count). The van der Waals surface area contributed by atoms with Crippen LogP contribution in [0.1, 0.15) is 28.3 Å². The molecule has 1 atom stereocenters. The van der Waals surface area contributed by atoms with Gasteiger partial charge in [-0.3, -0.25) is 9.59 Å². The monoisotopic (exact) mass is 401 g/mol. The SMILES string of the molecule is CS(=O)(=O)c1ccc(C(CC(=O)N2CCOCC2)C(=O)c2ccccc2)cc1. The lowest BCUT2D eigenvalue weighted by Crippen LogP contribution is -2.41. The van der Waals surface area contributed by atoms with Gasteiger partial charge in [0.25, 0.3) is 0 Å². The summed E-state index contributed by atoms with van der Waals surface area (Å²) >= 11 is 0. The summed E-state index contributed by atoms with van der Waals surface area (Å²) in [5.74, 6) is -0.939. The van der Waals surface area contributed by atoms with Crippen LogP contribution in [0.4, 0.5) is 0 Å². The first-order valence-corrected chi connectivity index (χ1v) is 11.0. The zero-order valence-corrected chi connectivity index (χ0v) is 16.5. The summed E-state index contributed by atoms with van der Waals surface area (Å²) < 4.78 is 28.7. The topological polar surface area (TPSA) is 80.8 Å². The number of Topliss-reactive ketones (excluding diaryl/α,β-unsaturated/α-hetero) is 1. The molecule has 7 heteroatoms. The number of rotatable bonds is 6. The van der Waals surface area contributed by atoms with Crippen molar-refractivity contribution in [2.24, 2.45) is 0 Å². The molecule has 2 aromatic carbocycles. The van der Waals surface area contributed by atoms with Crippen molar-refractivity contribution in [3.05, 3.63) is 65.7 Å². The molecule has 1 amide bonds. The minimum atomic E-state index is -3.33. The molecule has 6 nitrogen and oxygen atoms in total. The summed E-state index contributed by atoms with van der Waals surface area (Å²) in [6.07, 6.45) is 1.17. The van der Waals surface area contributed by atoms with Gasteiger partial charge in [-0.15, -0.1) is 0 Å². The maximum absolute atomic E-state index is 13.1. The molecular formula is C21H23NO5S. The quantitative estimate of drug-likeness (QED) is 0.694. The van der Waals surface area contributed by atoms with Crippen LogP contribution in [-0.4, -0.2) is 57.6 Å². The highest BCUT2D eigenvalue weighted by Gasteiger charge is 2.28. The van der Waals surface area contributed by atoms with Crippen LogP contribution in [0.2, 0.25) is 0 Å². The molecule has 0 radical (unpaired) electrons. The zero-order valence-electron chi connectivity index (χ0n) is 15.7. The second-order valence-corrected chi connectivity index (χ2v) is 8.84. The number of morpholine rings is 1. The van der Waals surface area contributed by atoms with E-state index in [0.717, 1.165) is 6.26 Å². The maximum Gasteiger partial charge on any atom is 0.223 e. The number of hydrogen-bond donors (Lipinski definition) is 0. The van der Waals surface area contributed by atoms with Crippen molar-refractivity contribution in [3.8, 4) is 0 Å². The van der Waals surface area contributed by atoms with E-state index < -0.39 is 15.8 Å². The fraction of sp³-hybridized carbons (Fsp3) is 0.333. The highest BCUT2D eigenvalue weighted by atomic mass is 32.2. The molecule has 1 fully saturated rings. The molecule has 0 saturated carbocycles. The van der Waals surface area contributed by atoms with Crippen LogP contribution in [0.3, 0.4) is 0 Å². The molecule has 0 N–H and O–H groups in total. The number of hydrogen-bond acceptors (Lipinski definition) is 5. The number of carbonyl (C=O) groups excluding carboxylic acids is 2. The van der Waals surface area contributed by atoms with E-state index in [1.807, 2.05) is 6.07 Å². The predicted molar refractivity (Wildman–Crippen MR) is 105 cm³/mol. The molecule has 0 aromatic heterocycles. The Hall–Kier alpha value is -2.51. The third kappa shape index (κ3) is 4.85. The van der Waals surface area contributed by atoms with Gasteiger partial charge in [-0.05, 0) is 17.7 Å². The van der Waals surface area contributed by atoms with Crippen molar-refractivity contribution in [2.45, 2.75) is 17.2 Å². The Balaban J connectivity index is 1.89. The summed E-state index contributed by atoms with van der Waals surface area (Å²) in [4.78, 5) is 27.8. The first kappa shape index (κ1) is 20.2. The first-order valence-electron chi connectivity index (χ1n) is 9.11. The minimum absolute atomic E-state index is 0.0337. The van der Waals surface area contributed by atoms with Crippen molar-refractivity contribution in [1.82, 2.24) is 4.90 Å². The van der Waals surface area contributed by atoms with Crippen molar-refractivity contribution < 1.29 is 22.7 Å². The Bertz CT molecular complexity index is 933. The normalized spacial score (nSPS) is 15.8. The summed E-state index contributed by atoms with van der Waals surface area (Å²) in [7, 11) is -3.33. The average molecular weight is 401 g/mol. The van der Waals surface area contributed by atoms with Crippen LogP contribution in [-0.2, 0) is 19.4 Å². The van der Waals surface area contributed by atoms with Crippen molar-refractivity contribution in [2.75, 3.05) is 32.6 Å². The van der Waals surface area contributed by atoms with Gasteiger partial charge in [-0.25, -0.2) is 8.42 Å². The van der Waals surface area contributed by atoms with Crippen LogP contribution >= 0.6 is 0 Å². The molecule has 1 unspecified atom stereocenters. The number of benzene rings is 2. The molecule has 0 aliphatic carbocycles. The molecule has 148 valence electrons. The largest absolute Gasteiger partial charge is 0.378 e. The van der Waals surface area contributed by atoms with E-state index in [1.54, 1.807) is 41.3 Å². The van der Waals surface area contributed by atoms with Crippen LogP contribution < -0.4 is 0 Å². The van der Waals surface area contributed by atoms with E-state index in [-0.39, 0.29) is 23.0 Å². The maximum atomic E-state index is 13.1. The Morgan fingerprint density at radius 3 is 2.18 bits per heavy atom. The summed E-state index contributed by atoms with van der Waals surface area (Å²) in [6.45, 7) is 2.01. The standard InChI is InChI=1S/C21H23NO5S/c1-28(25,26)18-9-7-16(8-10-18)19(21(24)17-5-3-2-4-6-17)15-20(23)22-11-13-27-14-12-22/h2-10,19H,11-15H2,1H3. The molecule has 1 aliphatic heterocycles. The molecule has 28 heavy (non-hydrogen) atoms. The number of sulfone groups is 1. The minimum Gasteiger partial charge on any atom is -0.378 e. The first-order chi connectivity index (χ1) is 13.4. The van der Waals surface area contributed by atoms with E-state index in [4.69, 9.17) is 4.74 Å². The van der Waals surface area contributed by atoms with Crippen molar-refractivity contribution in [1.29, 1.82) is 0 Å². The fourth-order valence-electron chi connectivity index (χ4n) is 3.23. The summed E-state index contributed by atoms with van der Waals surface area (Å²) in [5.41, 5.74) is 1.15. The number of amides is 1. The Kier molecular flexibility index (Phi) is 6.26. The van der Waals surface area contributed by atoms with E-state index in [0.29, 0.717) is 37.4 Å². The Morgan fingerprint density at radius 1 is 1.00 bits per heavy atom. The van der Waals surface area contributed by atoms with Gasteiger partial charge in [0.2, 0.25) is 5.91 Å². The van der Waals surface area contributed by atoms with Crippen LogP contribution in [0.5, 0.6) is 0 Å². The van der Waals surface area contributed by atoms with Crippen LogP contribution in [0.15, 0.2) is 59.5 Å². The lowest BCUT2D eigenvalue weighted by atomic mass is 9.87.